The molecule has 0 bridgehead atoms. The van der Waals surface area contributed by atoms with Crippen molar-refractivity contribution in [2.45, 2.75) is 26.3 Å². The first kappa shape index (κ1) is 19.5. The van der Waals surface area contributed by atoms with E-state index in [1.165, 1.54) is 0 Å². The normalized spacial score (nSPS) is 11.5. The molecule has 0 radical (unpaired) electrons. The largest absolute Gasteiger partial charge is 0.384 e. The Hall–Kier alpha value is -2.86. The molecule has 26 heavy (non-hydrogen) atoms. The lowest BCUT2D eigenvalue weighted by molar-refractivity contribution is -0.127. The molecule has 2 rings (SSSR count). The van der Waals surface area contributed by atoms with Crippen LogP contribution < -0.4 is 16.4 Å². The summed E-state index contributed by atoms with van der Waals surface area (Å²) >= 11 is 6.10. The number of carbonyl (C=O) groups is 2. The minimum atomic E-state index is -0.424. The number of nitrogens with two attached hydrogens (primary N) is 1. The molecule has 0 heterocycles. The highest BCUT2D eigenvalue weighted by Gasteiger charge is 2.14. The zero-order chi connectivity index (χ0) is 19.3. The van der Waals surface area contributed by atoms with Crippen LogP contribution in [0.15, 0.2) is 42.5 Å². The lowest BCUT2D eigenvalue weighted by Gasteiger charge is -2.15. The SMILES string of the molecule is Cc1ccc(C(C)NC(=O)CC(=O)Nc2ccc(C(=N)N)cc2)cc1Cl. The van der Waals surface area contributed by atoms with Crippen LogP contribution in [0.2, 0.25) is 5.02 Å². The Bertz CT molecular complexity index is 834. The average Bonchev–Trinajstić information content (AvgIpc) is 2.57. The van der Waals surface area contributed by atoms with E-state index >= 15 is 0 Å². The number of nitrogens with one attached hydrogen (secondary N) is 3. The van der Waals surface area contributed by atoms with E-state index in [-0.39, 0.29) is 24.2 Å². The maximum absolute atomic E-state index is 12.1. The van der Waals surface area contributed by atoms with Gasteiger partial charge in [-0.05, 0) is 55.3 Å². The molecule has 0 aliphatic carbocycles. The minimum absolute atomic E-state index is 0.0487. The van der Waals surface area contributed by atoms with Crippen LogP contribution in [0.1, 0.15) is 36.1 Å². The molecule has 2 aromatic carbocycles. The van der Waals surface area contributed by atoms with Gasteiger partial charge in [0.15, 0.2) is 0 Å². The monoisotopic (exact) mass is 372 g/mol. The van der Waals surface area contributed by atoms with Gasteiger partial charge >= 0.3 is 0 Å². The van der Waals surface area contributed by atoms with Crippen LogP contribution in [-0.2, 0) is 9.59 Å². The van der Waals surface area contributed by atoms with Crippen molar-refractivity contribution in [2.24, 2.45) is 5.73 Å². The lowest BCUT2D eigenvalue weighted by Crippen LogP contribution is -2.30. The van der Waals surface area contributed by atoms with E-state index in [0.717, 1.165) is 11.1 Å². The van der Waals surface area contributed by atoms with E-state index in [1.807, 2.05) is 26.0 Å². The number of hydrogen-bond donors (Lipinski definition) is 4. The fourth-order valence-electron chi connectivity index (χ4n) is 2.34. The van der Waals surface area contributed by atoms with Gasteiger partial charge in [-0.3, -0.25) is 15.0 Å². The summed E-state index contributed by atoms with van der Waals surface area (Å²) in [6.07, 6.45) is -0.293. The van der Waals surface area contributed by atoms with E-state index in [0.29, 0.717) is 16.3 Å². The maximum Gasteiger partial charge on any atom is 0.233 e. The van der Waals surface area contributed by atoms with Crippen molar-refractivity contribution in [1.82, 2.24) is 5.32 Å². The predicted molar refractivity (Wildman–Crippen MR) is 103 cm³/mol. The molecule has 2 amide bonds. The standard InChI is InChI=1S/C19H21ClN4O2/c1-11-3-4-14(9-16(11)20)12(2)23-17(25)10-18(26)24-15-7-5-13(6-8-15)19(21)22/h3-9,12H,10H2,1-2H3,(H3,21,22)(H,23,25)(H,24,26). The summed E-state index contributed by atoms with van der Waals surface area (Å²) in [7, 11) is 0. The topological polar surface area (TPSA) is 108 Å². The Labute approximate surface area is 157 Å². The van der Waals surface area contributed by atoms with Crippen LogP contribution in [-0.4, -0.2) is 17.6 Å². The Morgan fingerprint density at radius 3 is 2.38 bits per heavy atom. The number of anilines is 1. The second-order valence-electron chi connectivity index (χ2n) is 6.01. The van der Waals surface area contributed by atoms with Gasteiger partial charge in [-0.15, -0.1) is 0 Å². The van der Waals surface area contributed by atoms with Crippen molar-refractivity contribution < 1.29 is 9.59 Å². The Morgan fingerprint density at radius 2 is 1.81 bits per heavy atom. The van der Waals surface area contributed by atoms with Gasteiger partial charge in [0.25, 0.3) is 0 Å². The lowest BCUT2D eigenvalue weighted by atomic mass is 10.1. The third-order valence-corrected chi connectivity index (χ3v) is 4.28. The van der Waals surface area contributed by atoms with Crippen LogP contribution >= 0.6 is 11.6 Å². The third-order valence-electron chi connectivity index (χ3n) is 3.87. The van der Waals surface area contributed by atoms with Crippen LogP contribution in [0.25, 0.3) is 0 Å². The fraction of sp³-hybridized carbons (Fsp3) is 0.211. The molecule has 1 unspecified atom stereocenters. The van der Waals surface area contributed by atoms with Crippen LogP contribution in [0.3, 0.4) is 0 Å². The molecular formula is C19H21ClN4O2. The molecule has 5 N–H and O–H groups in total. The zero-order valence-electron chi connectivity index (χ0n) is 14.6. The third kappa shape index (κ3) is 5.32. The molecule has 136 valence electrons. The number of aryl methyl sites for hydroxylation is 1. The number of amides is 2. The maximum atomic E-state index is 12.1. The Balaban J connectivity index is 1.89. The smallest absolute Gasteiger partial charge is 0.233 e. The summed E-state index contributed by atoms with van der Waals surface area (Å²) in [4.78, 5) is 24.1. The van der Waals surface area contributed by atoms with Crippen LogP contribution in [0.5, 0.6) is 0 Å². The molecule has 6 nitrogen and oxygen atoms in total. The average molecular weight is 373 g/mol. The highest BCUT2D eigenvalue weighted by Crippen LogP contribution is 2.21. The molecule has 2 aromatic rings. The first-order valence-corrected chi connectivity index (χ1v) is 8.44. The summed E-state index contributed by atoms with van der Waals surface area (Å²) in [5, 5.41) is 13.4. The van der Waals surface area contributed by atoms with E-state index < -0.39 is 5.91 Å². The number of amidine groups is 1. The van der Waals surface area contributed by atoms with Gasteiger partial charge in [-0.25, -0.2) is 0 Å². The van der Waals surface area contributed by atoms with Gasteiger partial charge in [-0.2, -0.15) is 0 Å². The van der Waals surface area contributed by atoms with Crippen molar-refractivity contribution in [3.05, 3.63) is 64.2 Å². The molecule has 0 saturated heterocycles. The first-order chi connectivity index (χ1) is 12.3. The van der Waals surface area contributed by atoms with Crippen molar-refractivity contribution in [3.63, 3.8) is 0 Å². The van der Waals surface area contributed by atoms with Gasteiger partial charge in [0.1, 0.15) is 12.3 Å². The molecule has 0 aromatic heterocycles. The predicted octanol–water partition coefficient (Wildman–Crippen LogP) is 3.14. The number of benzene rings is 2. The molecule has 0 aliphatic rings. The van der Waals surface area contributed by atoms with Crippen molar-refractivity contribution in [2.75, 3.05) is 5.32 Å². The number of halogens is 1. The fourth-order valence-corrected chi connectivity index (χ4v) is 2.53. The highest BCUT2D eigenvalue weighted by atomic mass is 35.5. The zero-order valence-corrected chi connectivity index (χ0v) is 15.4. The minimum Gasteiger partial charge on any atom is -0.384 e. The van der Waals surface area contributed by atoms with E-state index in [9.17, 15) is 9.59 Å². The highest BCUT2D eigenvalue weighted by molar-refractivity contribution is 6.31. The molecular weight excluding hydrogens is 352 g/mol. The first-order valence-electron chi connectivity index (χ1n) is 8.06. The Kier molecular flexibility index (Phi) is 6.36. The second kappa shape index (κ2) is 8.49. The van der Waals surface area contributed by atoms with Gasteiger partial charge in [-0.1, -0.05) is 23.7 Å². The number of carbonyl (C=O) groups excluding carboxylic acids is 2. The Morgan fingerprint density at radius 1 is 1.15 bits per heavy atom. The molecule has 0 saturated carbocycles. The number of rotatable bonds is 6. The van der Waals surface area contributed by atoms with Crippen molar-refractivity contribution >= 4 is 34.9 Å². The summed E-state index contributed by atoms with van der Waals surface area (Å²) in [5.74, 6) is -0.855. The molecule has 0 spiro atoms. The van der Waals surface area contributed by atoms with Crippen LogP contribution in [0, 0.1) is 12.3 Å². The van der Waals surface area contributed by atoms with Gasteiger partial charge in [0.2, 0.25) is 11.8 Å². The number of nitrogen functional groups attached to an aromatic ring is 1. The molecule has 0 fully saturated rings. The quantitative estimate of drug-likeness (QED) is 0.355. The van der Waals surface area contributed by atoms with Crippen molar-refractivity contribution in [3.8, 4) is 0 Å². The van der Waals surface area contributed by atoms with Gasteiger partial charge < -0.3 is 16.4 Å². The summed E-state index contributed by atoms with van der Waals surface area (Å²) < 4.78 is 0. The van der Waals surface area contributed by atoms with E-state index in [4.69, 9.17) is 22.7 Å². The second-order valence-corrected chi connectivity index (χ2v) is 6.42. The van der Waals surface area contributed by atoms with Gasteiger partial charge in [0, 0.05) is 16.3 Å². The summed E-state index contributed by atoms with van der Waals surface area (Å²) in [6, 6.07) is 11.8. The molecule has 1 atom stereocenters. The number of hydrogen-bond acceptors (Lipinski definition) is 3. The van der Waals surface area contributed by atoms with Gasteiger partial charge in [0.05, 0.1) is 6.04 Å². The molecule has 7 heteroatoms. The van der Waals surface area contributed by atoms with Crippen molar-refractivity contribution in [1.29, 1.82) is 5.41 Å². The van der Waals surface area contributed by atoms with Crippen LogP contribution in [0.4, 0.5) is 5.69 Å². The summed E-state index contributed by atoms with van der Waals surface area (Å²) in [6.45, 7) is 3.74. The molecule has 0 aliphatic heterocycles. The summed E-state index contributed by atoms with van der Waals surface area (Å²) in [5.41, 5.74) is 8.30. The van der Waals surface area contributed by atoms with E-state index in [2.05, 4.69) is 10.6 Å². The van der Waals surface area contributed by atoms with E-state index in [1.54, 1.807) is 30.3 Å².